The van der Waals surface area contributed by atoms with Gasteiger partial charge in [-0.25, -0.2) is 13.2 Å². The fourth-order valence-electron chi connectivity index (χ4n) is 4.38. The van der Waals surface area contributed by atoms with E-state index in [1.165, 1.54) is 33.8 Å². The van der Waals surface area contributed by atoms with Crippen molar-refractivity contribution in [1.29, 1.82) is 0 Å². The van der Waals surface area contributed by atoms with Gasteiger partial charge in [-0.2, -0.15) is 0 Å². The van der Waals surface area contributed by atoms with Crippen molar-refractivity contribution in [2.45, 2.75) is 53.4 Å². The zero-order valence-corrected chi connectivity index (χ0v) is 18.2. The number of benzene rings is 2. The van der Waals surface area contributed by atoms with E-state index in [0.29, 0.717) is 17.5 Å². The van der Waals surface area contributed by atoms with Gasteiger partial charge in [0.05, 0.1) is 10.8 Å². The first-order valence-corrected chi connectivity index (χ1v) is 10.2. The molecule has 0 heterocycles. The topological polar surface area (TPSA) is 51.2 Å². The van der Waals surface area contributed by atoms with Crippen molar-refractivity contribution in [2.75, 3.05) is 0 Å². The molecule has 0 N–H and O–H groups in total. The van der Waals surface area contributed by atoms with Crippen LogP contribution in [0.1, 0.15) is 63.7 Å². The number of carbonyl (C=O) groups excluding carboxylic acids is 3. The van der Waals surface area contributed by atoms with Gasteiger partial charge in [0.2, 0.25) is 0 Å². The van der Waals surface area contributed by atoms with Crippen LogP contribution in [0.5, 0.6) is 0 Å². The summed E-state index contributed by atoms with van der Waals surface area (Å²) in [4.78, 5) is 39.3. The van der Waals surface area contributed by atoms with Crippen molar-refractivity contribution >= 4 is 17.3 Å². The van der Waals surface area contributed by atoms with Gasteiger partial charge in [-0.3, -0.25) is 14.4 Å². The highest BCUT2D eigenvalue weighted by Gasteiger charge is 2.58. The Morgan fingerprint density at radius 2 is 1.48 bits per heavy atom. The minimum absolute atomic E-state index is 0.0959. The number of Topliss-reactive ketones (excluding diaryl/α,β-unsaturated/α-hetero) is 3. The molecule has 3 nitrogen and oxygen atoms in total. The summed E-state index contributed by atoms with van der Waals surface area (Å²) in [7, 11) is 0. The van der Waals surface area contributed by atoms with Crippen LogP contribution in [0.25, 0.3) is 11.1 Å². The molecule has 164 valence electrons. The molecule has 0 atom stereocenters. The molecular weight excluding hydrogens is 405 g/mol. The lowest BCUT2D eigenvalue weighted by molar-refractivity contribution is -0.157. The van der Waals surface area contributed by atoms with Gasteiger partial charge in [0.1, 0.15) is 11.7 Å². The van der Waals surface area contributed by atoms with Crippen molar-refractivity contribution in [1.82, 2.24) is 0 Å². The average Bonchev–Trinajstić information content (AvgIpc) is 2.72. The third-order valence-corrected chi connectivity index (χ3v) is 6.29. The fraction of sp³-hybridized carbons (Fsp3) is 0.400. The average molecular weight is 430 g/mol. The van der Waals surface area contributed by atoms with Gasteiger partial charge in [-0.05, 0) is 62.9 Å². The van der Waals surface area contributed by atoms with Crippen molar-refractivity contribution in [3.63, 3.8) is 0 Å². The van der Waals surface area contributed by atoms with E-state index in [2.05, 4.69) is 0 Å². The van der Waals surface area contributed by atoms with Crippen molar-refractivity contribution in [3.8, 4) is 11.1 Å². The molecule has 1 fully saturated rings. The maximum absolute atomic E-state index is 14.6. The smallest absolute Gasteiger partial charge is 0.263 e. The second kappa shape index (κ2) is 7.74. The summed E-state index contributed by atoms with van der Waals surface area (Å²) in [5, 5.41) is 0. The molecule has 6 heteroatoms. The Morgan fingerprint density at radius 3 is 1.97 bits per heavy atom. The lowest BCUT2D eigenvalue weighted by Gasteiger charge is -2.41. The van der Waals surface area contributed by atoms with E-state index < -0.39 is 51.9 Å². The van der Waals surface area contributed by atoms with Gasteiger partial charge < -0.3 is 0 Å². The number of hydrogen-bond acceptors (Lipinski definition) is 3. The van der Waals surface area contributed by atoms with E-state index in [0.717, 1.165) is 17.7 Å². The molecule has 3 rings (SSSR count). The Hall–Kier alpha value is -2.76. The third-order valence-electron chi connectivity index (χ3n) is 6.29. The molecule has 0 saturated heterocycles. The van der Waals surface area contributed by atoms with Gasteiger partial charge in [0, 0.05) is 11.1 Å². The molecule has 2 aromatic rings. The van der Waals surface area contributed by atoms with E-state index in [1.54, 1.807) is 18.2 Å². The third kappa shape index (κ3) is 3.62. The van der Waals surface area contributed by atoms with Crippen LogP contribution in [0.2, 0.25) is 0 Å². The van der Waals surface area contributed by atoms with Gasteiger partial charge in [-0.15, -0.1) is 0 Å². The summed E-state index contributed by atoms with van der Waals surface area (Å²) < 4.78 is 40.4. The van der Waals surface area contributed by atoms with Gasteiger partial charge >= 0.3 is 0 Å². The number of hydrogen-bond donors (Lipinski definition) is 0. The number of aryl methyl sites for hydroxylation is 1. The van der Waals surface area contributed by atoms with Crippen molar-refractivity contribution < 1.29 is 27.6 Å². The van der Waals surface area contributed by atoms with E-state index in [9.17, 15) is 27.6 Å². The first kappa shape index (κ1) is 22.9. The fourth-order valence-corrected chi connectivity index (χ4v) is 4.38. The summed E-state index contributed by atoms with van der Waals surface area (Å²) in [5.74, 6) is -3.36. The van der Waals surface area contributed by atoms with E-state index >= 15 is 0 Å². The first-order valence-electron chi connectivity index (χ1n) is 10.2. The van der Waals surface area contributed by atoms with Gasteiger partial charge in [-0.1, -0.05) is 31.2 Å². The molecule has 2 aromatic carbocycles. The Morgan fingerprint density at radius 1 is 0.903 bits per heavy atom. The molecule has 0 bridgehead atoms. The number of carbonyl (C=O) groups is 3. The van der Waals surface area contributed by atoms with Crippen molar-refractivity contribution in [2.24, 2.45) is 10.8 Å². The van der Waals surface area contributed by atoms with Crippen LogP contribution >= 0.6 is 0 Å². The second-order valence-corrected chi connectivity index (χ2v) is 9.05. The summed E-state index contributed by atoms with van der Waals surface area (Å²) in [6.07, 6.45) is -2.27. The summed E-state index contributed by atoms with van der Waals surface area (Å²) in [6.45, 7) is 7.97. The highest BCUT2D eigenvalue weighted by molar-refractivity contribution is 6.30. The Labute approximate surface area is 179 Å². The molecule has 1 aliphatic carbocycles. The maximum Gasteiger partial charge on any atom is 0.263 e. The predicted octanol–water partition coefficient (Wildman–Crippen LogP) is 5.85. The van der Waals surface area contributed by atoms with Crippen LogP contribution in [0, 0.1) is 16.6 Å². The van der Waals surface area contributed by atoms with E-state index in [1.807, 2.05) is 6.92 Å². The SMILES string of the molecule is CCc1ccc(-c2ccc(C(F)F)cc2F)cc1C1C(=O)C(C)(C)C(=O)C(C)(C)C1=O. The summed E-state index contributed by atoms with van der Waals surface area (Å²) in [6, 6.07) is 8.13. The quantitative estimate of drug-likeness (QED) is 0.572. The van der Waals surface area contributed by atoms with Crippen LogP contribution in [0.4, 0.5) is 13.2 Å². The number of ketones is 3. The molecule has 0 aromatic heterocycles. The monoisotopic (exact) mass is 430 g/mol. The number of alkyl halides is 2. The highest BCUT2D eigenvalue weighted by atomic mass is 19.3. The Bertz CT molecular complexity index is 1050. The molecule has 31 heavy (non-hydrogen) atoms. The van der Waals surface area contributed by atoms with Crippen molar-refractivity contribution in [3.05, 3.63) is 58.9 Å². The number of rotatable bonds is 4. The summed E-state index contributed by atoms with van der Waals surface area (Å²) >= 11 is 0. The molecule has 0 amide bonds. The normalized spacial score (nSPS) is 18.7. The minimum Gasteiger partial charge on any atom is -0.298 e. The molecule has 1 saturated carbocycles. The molecule has 0 spiro atoms. The number of halogens is 3. The first-order chi connectivity index (χ1) is 14.3. The van der Waals surface area contributed by atoms with E-state index in [4.69, 9.17) is 0 Å². The molecular formula is C25H25F3O3. The van der Waals surface area contributed by atoms with Gasteiger partial charge in [0.15, 0.2) is 17.3 Å². The summed E-state index contributed by atoms with van der Waals surface area (Å²) in [5.41, 5.74) is -1.47. The standard InChI is InChI=1S/C25H25F3O3/c1-6-13-7-8-14(16-10-9-15(22(27)28)12-18(16)26)11-17(13)19-20(29)24(2,3)23(31)25(4,5)21(19)30/h7-12,19,22H,6H2,1-5H3. The lowest BCUT2D eigenvalue weighted by atomic mass is 9.57. The molecule has 0 aliphatic heterocycles. The second-order valence-electron chi connectivity index (χ2n) is 9.05. The zero-order chi connectivity index (χ0) is 23.3. The Kier molecular flexibility index (Phi) is 5.72. The maximum atomic E-state index is 14.6. The zero-order valence-electron chi connectivity index (χ0n) is 18.2. The molecule has 1 aliphatic rings. The van der Waals surface area contributed by atoms with Crippen LogP contribution in [0.15, 0.2) is 36.4 Å². The van der Waals surface area contributed by atoms with Crippen LogP contribution in [-0.2, 0) is 20.8 Å². The van der Waals surface area contributed by atoms with Crippen LogP contribution < -0.4 is 0 Å². The minimum atomic E-state index is -2.79. The van der Waals surface area contributed by atoms with Crippen LogP contribution in [-0.4, -0.2) is 17.3 Å². The van der Waals surface area contributed by atoms with Crippen LogP contribution in [0.3, 0.4) is 0 Å². The highest BCUT2D eigenvalue weighted by Crippen LogP contribution is 2.46. The Balaban J connectivity index is 2.19. The predicted molar refractivity (Wildman–Crippen MR) is 111 cm³/mol. The lowest BCUT2D eigenvalue weighted by Crippen LogP contribution is -2.56. The molecule has 0 radical (unpaired) electrons. The largest absolute Gasteiger partial charge is 0.298 e. The molecule has 0 unspecified atom stereocenters. The van der Waals surface area contributed by atoms with Gasteiger partial charge in [0.25, 0.3) is 6.43 Å². The van der Waals surface area contributed by atoms with E-state index in [-0.39, 0.29) is 5.56 Å².